The van der Waals surface area contributed by atoms with Crippen LogP contribution < -0.4 is 9.47 Å². The molecule has 0 heterocycles. The van der Waals surface area contributed by atoms with E-state index in [1.165, 1.54) is 14.2 Å². The lowest BCUT2D eigenvalue weighted by atomic mass is 9.98. The zero-order valence-electron chi connectivity index (χ0n) is 12.5. The van der Waals surface area contributed by atoms with Gasteiger partial charge >= 0.3 is 0 Å². The van der Waals surface area contributed by atoms with Crippen LogP contribution in [0.1, 0.15) is 27.0 Å². The topological polar surface area (TPSA) is 76.0 Å². The normalized spacial score (nSPS) is 10.4. The van der Waals surface area contributed by atoms with E-state index in [1.54, 1.807) is 36.4 Å². The standard InChI is InChI=1S/C17H18O5/c1-21-15-6-5-12(8-16(15)22-2)17(20)11-3-4-13(9-18)14(7-11)10-19/h3-8,18-19H,9-10H2,1-2H3. The first-order valence-corrected chi connectivity index (χ1v) is 6.74. The molecule has 22 heavy (non-hydrogen) atoms. The Hall–Kier alpha value is -2.37. The van der Waals surface area contributed by atoms with Crippen LogP contribution in [-0.2, 0) is 13.2 Å². The van der Waals surface area contributed by atoms with Gasteiger partial charge in [0.05, 0.1) is 27.4 Å². The molecule has 0 unspecified atom stereocenters. The summed E-state index contributed by atoms with van der Waals surface area (Å²) >= 11 is 0. The first kappa shape index (κ1) is 16.0. The van der Waals surface area contributed by atoms with Gasteiger partial charge in [-0.15, -0.1) is 0 Å². The summed E-state index contributed by atoms with van der Waals surface area (Å²) in [4.78, 5) is 12.5. The fraction of sp³-hybridized carbons (Fsp3) is 0.235. The zero-order chi connectivity index (χ0) is 16.1. The largest absolute Gasteiger partial charge is 0.493 e. The Balaban J connectivity index is 2.39. The zero-order valence-corrected chi connectivity index (χ0v) is 12.5. The summed E-state index contributed by atoms with van der Waals surface area (Å²) in [6.07, 6.45) is 0. The molecule has 0 aliphatic carbocycles. The van der Waals surface area contributed by atoms with E-state index in [-0.39, 0.29) is 19.0 Å². The lowest BCUT2D eigenvalue weighted by Crippen LogP contribution is -2.05. The first-order chi connectivity index (χ1) is 10.6. The van der Waals surface area contributed by atoms with Crippen LogP contribution in [0, 0.1) is 0 Å². The van der Waals surface area contributed by atoms with Crippen LogP contribution in [0.25, 0.3) is 0 Å². The third-order valence-electron chi connectivity index (χ3n) is 3.45. The molecule has 2 rings (SSSR count). The highest BCUT2D eigenvalue weighted by molar-refractivity contribution is 6.09. The number of carbonyl (C=O) groups is 1. The predicted molar refractivity (Wildman–Crippen MR) is 81.3 cm³/mol. The average molecular weight is 302 g/mol. The van der Waals surface area contributed by atoms with E-state index >= 15 is 0 Å². The molecular formula is C17H18O5. The van der Waals surface area contributed by atoms with Crippen LogP contribution in [0.2, 0.25) is 0 Å². The molecule has 0 aliphatic heterocycles. The minimum absolute atomic E-state index is 0.180. The van der Waals surface area contributed by atoms with Crippen LogP contribution in [0.5, 0.6) is 11.5 Å². The Morgan fingerprint density at radius 3 is 2.05 bits per heavy atom. The van der Waals surface area contributed by atoms with Gasteiger partial charge in [-0.25, -0.2) is 0 Å². The van der Waals surface area contributed by atoms with Gasteiger partial charge in [-0.3, -0.25) is 4.79 Å². The summed E-state index contributed by atoms with van der Waals surface area (Å²) in [5, 5.41) is 18.5. The summed E-state index contributed by atoms with van der Waals surface area (Å²) in [5.74, 6) is 0.827. The second-order valence-corrected chi connectivity index (χ2v) is 4.70. The number of aliphatic hydroxyl groups is 2. The van der Waals surface area contributed by atoms with Crippen molar-refractivity contribution >= 4 is 5.78 Å². The van der Waals surface area contributed by atoms with E-state index in [4.69, 9.17) is 9.47 Å². The second kappa shape index (κ2) is 7.06. The summed E-state index contributed by atoms with van der Waals surface area (Å²) in [6.45, 7) is -0.413. The Labute approximate surface area is 128 Å². The van der Waals surface area contributed by atoms with Crippen molar-refractivity contribution in [3.05, 3.63) is 58.7 Å². The number of rotatable bonds is 6. The van der Waals surface area contributed by atoms with Crippen LogP contribution in [0.3, 0.4) is 0 Å². The highest BCUT2D eigenvalue weighted by atomic mass is 16.5. The molecule has 2 aromatic carbocycles. The van der Waals surface area contributed by atoms with Gasteiger partial charge in [0.15, 0.2) is 17.3 Å². The fourth-order valence-corrected chi connectivity index (χ4v) is 2.21. The maximum absolute atomic E-state index is 12.5. The molecule has 2 aromatic rings. The Morgan fingerprint density at radius 1 is 0.864 bits per heavy atom. The van der Waals surface area contributed by atoms with Crippen molar-refractivity contribution in [2.24, 2.45) is 0 Å². The number of benzene rings is 2. The predicted octanol–water partition coefficient (Wildman–Crippen LogP) is 1.92. The lowest BCUT2D eigenvalue weighted by molar-refractivity contribution is 0.103. The van der Waals surface area contributed by atoms with Gasteiger partial charge in [0, 0.05) is 11.1 Å². The Bertz CT molecular complexity index is 621. The molecule has 5 nitrogen and oxygen atoms in total. The quantitative estimate of drug-likeness (QED) is 0.797. The number of carbonyl (C=O) groups excluding carboxylic acids is 1. The minimum atomic E-state index is -0.233. The molecule has 0 aromatic heterocycles. The highest BCUT2D eigenvalue weighted by Crippen LogP contribution is 2.28. The van der Waals surface area contributed by atoms with Crippen molar-refractivity contribution in [3.63, 3.8) is 0 Å². The van der Waals surface area contributed by atoms with Crippen molar-refractivity contribution in [3.8, 4) is 11.5 Å². The molecule has 2 N–H and O–H groups in total. The highest BCUT2D eigenvalue weighted by Gasteiger charge is 2.14. The van der Waals surface area contributed by atoms with Gasteiger partial charge in [-0.2, -0.15) is 0 Å². The Morgan fingerprint density at radius 2 is 1.45 bits per heavy atom. The summed E-state index contributed by atoms with van der Waals surface area (Å²) < 4.78 is 10.3. The van der Waals surface area contributed by atoms with E-state index in [1.807, 2.05) is 0 Å². The molecule has 116 valence electrons. The maximum Gasteiger partial charge on any atom is 0.193 e. The molecule has 5 heteroatoms. The van der Waals surface area contributed by atoms with Crippen molar-refractivity contribution < 1.29 is 24.5 Å². The van der Waals surface area contributed by atoms with Crippen LogP contribution in [-0.4, -0.2) is 30.2 Å². The van der Waals surface area contributed by atoms with Gasteiger partial charge in [0.1, 0.15) is 0 Å². The van der Waals surface area contributed by atoms with Crippen molar-refractivity contribution in [2.45, 2.75) is 13.2 Å². The molecule has 0 saturated carbocycles. The van der Waals surface area contributed by atoms with Gasteiger partial charge in [-0.1, -0.05) is 12.1 Å². The number of aliphatic hydroxyl groups excluding tert-OH is 2. The summed E-state index contributed by atoms with van der Waals surface area (Å²) in [6, 6.07) is 9.79. The van der Waals surface area contributed by atoms with E-state index in [9.17, 15) is 15.0 Å². The lowest BCUT2D eigenvalue weighted by Gasteiger charge is -2.10. The number of hydrogen-bond acceptors (Lipinski definition) is 5. The van der Waals surface area contributed by atoms with E-state index < -0.39 is 0 Å². The molecule has 0 amide bonds. The van der Waals surface area contributed by atoms with Gasteiger partial charge in [0.2, 0.25) is 0 Å². The number of ether oxygens (including phenoxy) is 2. The second-order valence-electron chi connectivity index (χ2n) is 4.70. The van der Waals surface area contributed by atoms with Crippen LogP contribution in [0.4, 0.5) is 0 Å². The van der Waals surface area contributed by atoms with Gasteiger partial charge in [0.25, 0.3) is 0 Å². The van der Waals surface area contributed by atoms with Gasteiger partial charge < -0.3 is 19.7 Å². The molecular weight excluding hydrogens is 284 g/mol. The molecule has 0 atom stereocenters. The van der Waals surface area contributed by atoms with Crippen molar-refractivity contribution in [1.82, 2.24) is 0 Å². The fourth-order valence-electron chi connectivity index (χ4n) is 2.21. The summed E-state index contributed by atoms with van der Waals surface area (Å²) in [7, 11) is 3.03. The molecule has 0 fully saturated rings. The average Bonchev–Trinajstić information content (AvgIpc) is 2.59. The molecule has 0 saturated heterocycles. The van der Waals surface area contributed by atoms with E-state index in [0.29, 0.717) is 33.8 Å². The monoisotopic (exact) mass is 302 g/mol. The third kappa shape index (κ3) is 3.10. The molecule has 0 spiro atoms. The number of ketones is 1. The van der Waals surface area contributed by atoms with Crippen molar-refractivity contribution in [2.75, 3.05) is 14.2 Å². The first-order valence-electron chi connectivity index (χ1n) is 6.74. The van der Waals surface area contributed by atoms with Crippen LogP contribution in [0.15, 0.2) is 36.4 Å². The molecule has 0 aliphatic rings. The van der Waals surface area contributed by atoms with Crippen LogP contribution >= 0.6 is 0 Å². The smallest absolute Gasteiger partial charge is 0.193 e. The Kier molecular flexibility index (Phi) is 5.14. The maximum atomic E-state index is 12.5. The third-order valence-corrected chi connectivity index (χ3v) is 3.45. The van der Waals surface area contributed by atoms with Crippen molar-refractivity contribution in [1.29, 1.82) is 0 Å². The molecule has 0 radical (unpaired) electrons. The summed E-state index contributed by atoms with van der Waals surface area (Å²) in [5.41, 5.74) is 2.03. The van der Waals surface area contributed by atoms with Gasteiger partial charge in [-0.05, 0) is 35.4 Å². The van der Waals surface area contributed by atoms with E-state index in [2.05, 4.69) is 0 Å². The number of methoxy groups -OCH3 is 2. The number of hydrogen-bond donors (Lipinski definition) is 2. The van der Waals surface area contributed by atoms with E-state index in [0.717, 1.165) is 0 Å². The minimum Gasteiger partial charge on any atom is -0.493 e. The SMILES string of the molecule is COc1ccc(C(=O)c2ccc(CO)c(CO)c2)cc1OC. The molecule has 0 bridgehead atoms.